The van der Waals surface area contributed by atoms with E-state index in [0.717, 1.165) is 50.8 Å². The van der Waals surface area contributed by atoms with Crippen molar-refractivity contribution in [2.24, 2.45) is 0 Å². The highest BCUT2D eigenvalue weighted by atomic mass is 32.1. The van der Waals surface area contributed by atoms with Crippen LogP contribution in [0.4, 0.5) is 62.6 Å². The average molecular weight is 1190 g/mol. The number of furan rings is 1. The van der Waals surface area contributed by atoms with E-state index in [1.54, 1.807) is 0 Å². The standard InChI is InChI=1S/C80H84B2N4O2S/c1-75(2,3)47-27-35-53(36-28-47)83-60-44-51(79(13,14)15)45-61-67(60)82(71-68(83)58-24-20-22-26-64(58)87-71)73-70(85(61)55-39-31-49(32-40-55)77(7,8)9)69-72(89-73)81-65-57-23-19-21-25-63(57)88-74(65)86(56-41-33-50(34-42-56)78(10,11)12)62-46-52(80(16,17)18)43-59(66(62)81)84(69)54-37-29-48(30-38-54)76(4,5)6/h19-46,65,74H,1-18H3. The molecule has 7 heterocycles. The SMILES string of the molecule is CC(C)(C)c1ccc(N2c3cc(C(C)(C)C)cc4c3B(c3oc5ccccc5c3N4c3ccc(C(C)(C)C)cc3)c3sc4c(c32)N(c2ccc(C(C)(C)C)cc2)c2cc(C(C)(C)C)cc3c2B4C2c4ccccc4OC2N3c2ccc(C(C)(C)C)cc2)cc1. The molecule has 0 saturated carbocycles. The van der Waals surface area contributed by atoms with Gasteiger partial charge in [-0.3, -0.25) is 0 Å². The maximum absolute atomic E-state index is 7.62. The smallest absolute Gasteiger partial charge is 0.309 e. The third kappa shape index (κ3) is 8.92. The summed E-state index contributed by atoms with van der Waals surface area (Å²) in [5.41, 5.74) is 25.7. The molecule has 0 aliphatic carbocycles. The number of anilines is 11. The van der Waals surface area contributed by atoms with Crippen LogP contribution in [0.1, 0.15) is 169 Å². The fourth-order valence-corrected chi connectivity index (χ4v) is 16.5. The van der Waals surface area contributed by atoms with E-state index in [0.29, 0.717) is 0 Å². The lowest BCUT2D eigenvalue weighted by molar-refractivity contribution is 0.232. The molecule has 8 aromatic carbocycles. The molecule has 0 radical (unpaired) electrons. The molecule has 0 N–H and O–H groups in total. The minimum Gasteiger partial charge on any atom is -0.470 e. The van der Waals surface area contributed by atoms with E-state index in [1.807, 2.05) is 11.3 Å². The first-order chi connectivity index (χ1) is 41.9. The summed E-state index contributed by atoms with van der Waals surface area (Å²) >= 11 is 2.01. The second-order valence-corrected chi connectivity index (χ2v) is 33.3. The number of nitrogens with zero attached hydrogens (tertiary/aromatic N) is 4. The van der Waals surface area contributed by atoms with Crippen molar-refractivity contribution in [3.8, 4) is 5.75 Å². The van der Waals surface area contributed by atoms with Gasteiger partial charge < -0.3 is 28.8 Å². The van der Waals surface area contributed by atoms with Crippen LogP contribution in [0.2, 0.25) is 0 Å². The van der Waals surface area contributed by atoms with Crippen molar-refractivity contribution in [1.29, 1.82) is 0 Å². The zero-order valence-electron chi connectivity index (χ0n) is 55.5. The van der Waals surface area contributed by atoms with Crippen molar-refractivity contribution in [2.45, 2.75) is 169 Å². The van der Waals surface area contributed by atoms with Crippen molar-refractivity contribution >= 4 is 124 Å². The Kier molecular flexibility index (Phi) is 12.5. The Hall–Kier alpha value is -7.87. The summed E-state index contributed by atoms with van der Waals surface area (Å²) in [6.45, 7) is 41.6. The van der Waals surface area contributed by atoms with E-state index in [-0.39, 0.29) is 58.0 Å². The maximum Gasteiger partial charge on any atom is 0.309 e. The first kappa shape index (κ1) is 57.6. The van der Waals surface area contributed by atoms with E-state index in [4.69, 9.17) is 9.15 Å². The van der Waals surface area contributed by atoms with Gasteiger partial charge in [-0.1, -0.05) is 203 Å². The summed E-state index contributed by atoms with van der Waals surface area (Å²) < 4.78 is 17.8. The van der Waals surface area contributed by atoms with Crippen molar-refractivity contribution < 1.29 is 9.15 Å². The minimum absolute atomic E-state index is 0.00804. The molecular formula is C80H84B2N4O2S. The van der Waals surface area contributed by atoms with Crippen LogP contribution < -0.4 is 50.5 Å². The third-order valence-corrected chi connectivity index (χ3v) is 21.3. The number of rotatable bonds is 4. The van der Waals surface area contributed by atoms with Crippen LogP contribution in [0.5, 0.6) is 5.75 Å². The van der Waals surface area contributed by atoms with Gasteiger partial charge in [0.1, 0.15) is 17.0 Å². The molecule has 0 bridgehead atoms. The highest BCUT2D eigenvalue weighted by molar-refractivity contribution is 7.37. The summed E-state index contributed by atoms with van der Waals surface area (Å²) in [5.74, 6) is 0.878. The predicted octanol–water partition coefficient (Wildman–Crippen LogP) is 18.9. The molecule has 5 aliphatic heterocycles. The Bertz CT molecular complexity index is 4500. The molecule has 0 saturated heterocycles. The van der Waals surface area contributed by atoms with Crippen LogP contribution >= 0.6 is 11.3 Å². The van der Waals surface area contributed by atoms with Crippen LogP contribution in [-0.2, 0) is 32.5 Å². The lowest BCUT2D eigenvalue weighted by Gasteiger charge is -2.48. The molecule has 15 rings (SSSR count). The molecule has 0 spiro atoms. The second kappa shape index (κ2) is 19.3. The number of hydrogen-bond acceptors (Lipinski definition) is 7. The molecule has 2 aromatic heterocycles. The van der Waals surface area contributed by atoms with Gasteiger partial charge >= 0.3 is 6.71 Å². The Balaban J connectivity index is 1.10. The summed E-state index contributed by atoms with van der Waals surface area (Å²) in [6.07, 6.45) is -0.341. The largest absolute Gasteiger partial charge is 0.470 e. The molecule has 0 fully saturated rings. The number of thiophene rings is 1. The van der Waals surface area contributed by atoms with E-state index < -0.39 is 0 Å². The van der Waals surface area contributed by atoms with Gasteiger partial charge in [-0.05, 0) is 173 Å². The van der Waals surface area contributed by atoms with Crippen molar-refractivity contribution in [2.75, 3.05) is 19.6 Å². The van der Waals surface area contributed by atoms with Gasteiger partial charge in [0, 0.05) is 66.3 Å². The van der Waals surface area contributed by atoms with Gasteiger partial charge in [-0.25, -0.2) is 0 Å². The lowest BCUT2D eigenvalue weighted by Crippen LogP contribution is -2.62. The summed E-state index contributed by atoms with van der Waals surface area (Å²) in [7, 11) is 0. The van der Waals surface area contributed by atoms with Gasteiger partial charge in [-0.2, -0.15) is 11.3 Å². The molecule has 9 heteroatoms. The van der Waals surface area contributed by atoms with Crippen LogP contribution in [-0.4, -0.2) is 19.7 Å². The number of ether oxygens (including phenoxy) is 1. The van der Waals surface area contributed by atoms with Crippen molar-refractivity contribution in [3.05, 3.63) is 209 Å². The first-order valence-electron chi connectivity index (χ1n) is 32.4. The zero-order chi connectivity index (χ0) is 62.6. The molecule has 89 heavy (non-hydrogen) atoms. The monoisotopic (exact) mass is 1190 g/mol. The highest BCUT2D eigenvalue weighted by Crippen LogP contribution is 2.58. The average Bonchev–Trinajstić information content (AvgIpc) is 1.58. The number of hydrogen-bond donors (Lipinski definition) is 0. The van der Waals surface area contributed by atoms with Gasteiger partial charge in [0.05, 0.1) is 17.1 Å². The van der Waals surface area contributed by atoms with Crippen LogP contribution in [0.3, 0.4) is 0 Å². The third-order valence-electron chi connectivity index (χ3n) is 20.0. The molecule has 448 valence electrons. The quantitative estimate of drug-likeness (QED) is 0.163. The van der Waals surface area contributed by atoms with Crippen LogP contribution in [0.25, 0.3) is 11.0 Å². The maximum atomic E-state index is 7.62. The minimum atomic E-state index is -0.341. The van der Waals surface area contributed by atoms with Gasteiger partial charge in [0.2, 0.25) is 6.71 Å². The Morgan fingerprint density at radius 3 is 1.25 bits per heavy atom. The highest BCUT2D eigenvalue weighted by Gasteiger charge is 2.59. The Labute approximate surface area is 533 Å². The summed E-state index contributed by atoms with van der Waals surface area (Å²) in [4.78, 5) is 10.5. The van der Waals surface area contributed by atoms with Crippen molar-refractivity contribution in [3.63, 3.8) is 0 Å². The normalized spacial score (nSPS) is 16.8. The number of benzene rings is 8. The molecule has 6 nitrogen and oxygen atoms in total. The zero-order valence-corrected chi connectivity index (χ0v) is 56.3. The van der Waals surface area contributed by atoms with Gasteiger partial charge in [0.25, 0.3) is 0 Å². The summed E-state index contributed by atoms with van der Waals surface area (Å²) in [5, 5.41) is 1.11. The Morgan fingerprint density at radius 2 is 0.775 bits per heavy atom. The molecule has 2 atom stereocenters. The van der Waals surface area contributed by atoms with Crippen LogP contribution in [0, 0.1) is 0 Å². The van der Waals surface area contributed by atoms with E-state index in [9.17, 15) is 0 Å². The first-order valence-corrected chi connectivity index (χ1v) is 33.2. The van der Waals surface area contributed by atoms with Crippen molar-refractivity contribution in [1.82, 2.24) is 0 Å². The topological polar surface area (TPSA) is 35.3 Å². The van der Waals surface area contributed by atoms with E-state index >= 15 is 0 Å². The molecule has 5 aliphatic rings. The van der Waals surface area contributed by atoms with Crippen LogP contribution in [0.15, 0.2) is 174 Å². The Morgan fingerprint density at radius 1 is 0.382 bits per heavy atom. The fourth-order valence-electron chi connectivity index (χ4n) is 14.9. The second-order valence-electron chi connectivity index (χ2n) is 32.2. The molecule has 2 unspecified atom stereocenters. The number of para-hydroxylation sites is 2. The number of fused-ring (bicyclic) bond motifs is 13. The van der Waals surface area contributed by atoms with Gasteiger partial charge in [0.15, 0.2) is 6.23 Å². The predicted molar refractivity (Wildman–Crippen MR) is 382 cm³/mol. The lowest BCUT2D eigenvalue weighted by atomic mass is 9.31. The van der Waals surface area contributed by atoms with Gasteiger partial charge in [-0.15, -0.1) is 0 Å². The molecular weight excluding hydrogens is 1100 g/mol. The molecule has 0 amide bonds. The van der Waals surface area contributed by atoms with E-state index in [2.05, 4.69) is 314 Å². The molecule has 10 aromatic rings. The van der Waals surface area contributed by atoms with E-state index in [1.165, 1.54) is 93.5 Å². The summed E-state index contributed by atoms with van der Waals surface area (Å²) in [6, 6.07) is 65.7. The fraction of sp³-hybridized carbons (Fsp3) is 0.325.